The van der Waals surface area contributed by atoms with Crippen LogP contribution < -0.4 is 10.6 Å². The molecule has 0 radical (unpaired) electrons. The van der Waals surface area contributed by atoms with Gasteiger partial charge in [-0.1, -0.05) is 42.5 Å². The third-order valence-corrected chi connectivity index (χ3v) is 7.07. The van der Waals surface area contributed by atoms with Gasteiger partial charge in [0.2, 0.25) is 0 Å². The van der Waals surface area contributed by atoms with Gasteiger partial charge in [0.15, 0.2) is 9.84 Å². The summed E-state index contributed by atoms with van der Waals surface area (Å²) >= 11 is 0. The number of aromatic nitrogens is 1. The van der Waals surface area contributed by atoms with Crippen LogP contribution in [0.25, 0.3) is 16.8 Å². The average Bonchev–Trinajstić information content (AvgIpc) is 2.83. The molecule has 0 bridgehead atoms. The molecular formula is C25H26N4O2S. The largest absolute Gasteiger partial charge is 0.398 e. The van der Waals surface area contributed by atoms with Crippen LogP contribution in [0.5, 0.6) is 0 Å². The number of aliphatic imine (C=N–C) groups is 1. The second-order valence-electron chi connectivity index (χ2n) is 7.71. The molecule has 1 aromatic heterocycles. The van der Waals surface area contributed by atoms with Crippen LogP contribution in [-0.2, 0) is 16.4 Å². The molecule has 2 N–H and O–H groups in total. The molecule has 0 spiro atoms. The normalized spacial score (nSPS) is 16.4. The molecule has 3 aromatic rings. The number of rotatable bonds is 6. The predicted molar refractivity (Wildman–Crippen MR) is 131 cm³/mol. The van der Waals surface area contributed by atoms with Crippen molar-refractivity contribution in [1.82, 2.24) is 4.98 Å². The Hall–Kier alpha value is -3.45. The zero-order valence-electron chi connectivity index (χ0n) is 17.8. The molecule has 1 aliphatic rings. The molecule has 1 fully saturated rings. The molecule has 1 aliphatic heterocycles. The van der Waals surface area contributed by atoms with Gasteiger partial charge in [0.1, 0.15) is 0 Å². The predicted octanol–water partition coefficient (Wildman–Crippen LogP) is 3.55. The topological polar surface area (TPSA) is 88.7 Å². The molecule has 2 heterocycles. The minimum Gasteiger partial charge on any atom is -0.398 e. The SMILES string of the molecule is N/C(=C\C=NCc1cccnc1)c1cc(-c2ccccc2)ccc1N1CCS(=O)(=O)CC1. The van der Waals surface area contributed by atoms with Gasteiger partial charge in [-0.05, 0) is 41.0 Å². The van der Waals surface area contributed by atoms with Crippen LogP contribution in [0.4, 0.5) is 5.69 Å². The second-order valence-corrected chi connectivity index (χ2v) is 10.0. The van der Waals surface area contributed by atoms with Crippen molar-refractivity contribution in [2.24, 2.45) is 10.7 Å². The van der Waals surface area contributed by atoms with Crippen LogP contribution in [0, 0.1) is 0 Å². The van der Waals surface area contributed by atoms with Gasteiger partial charge in [0.05, 0.1) is 18.1 Å². The van der Waals surface area contributed by atoms with Gasteiger partial charge in [-0.25, -0.2) is 8.42 Å². The van der Waals surface area contributed by atoms with E-state index in [4.69, 9.17) is 5.73 Å². The number of hydrogen-bond donors (Lipinski definition) is 1. The van der Waals surface area contributed by atoms with E-state index in [0.29, 0.717) is 25.3 Å². The van der Waals surface area contributed by atoms with E-state index in [0.717, 1.165) is 27.9 Å². The maximum absolute atomic E-state index is 11.9. The van der Waals surface area contributed by atoms with Gasteiger partial charge in [0.25, 0.3) is 0 Å². The monoisotopic (exact) mass is 446 g/mol. The zero-order chi connectivity index (χ0) is 22.4. The lowest BCUT2D eigenvalue weighted by Crippen LogP contribution is -2.40. The fraction of sp³-hybridized carbons (Fsp3) is 0.200. The second kappa shape index (κ2) is 9.78. The third-order valence-electron chi connectivity index (χ3n) is 5.46. The molecule has 0 aliphatic carbocycles. The minimum atomic E-state index is -2.97. The smallest absolute Gasteiger partial charge is 0.153 e. The summed E-state index contributed by atoms with van der Waals surface area (Å²) in [5.41, 5.74) is 12.1. The third kappa shape index (κ3) is 5.42. The Bertz CT molecular complexity index is 1210. The molecular weight excluding hydrogens is 420 g/mol. The standard InChI is InChI=1S/C25H26N4O2S/c26-24(10-12-28-19-20-5-4-11-27-18-20)23-17-22(21-6-2-1-3-7-21)8-9-25(23)29-13-15-32(30,31)16-14-29/h1-12,17-18H,13-16,19,26H2/b24-10-,28-12?. The van der Waals surface area contributed by atoms with Gasteiger partial charge in [0, 0.05) is 48.6 Å². The van der Waals surface area contributed by atoms with Crippen molar-refractivity contribution in [3.8, 4) is 11.1 Å². The summed E-state index contributed by atoms with van der Waals surface area (Å²) in [6.45, 7) is 1.45. The number of benzene rings is 2. The van der Waals surface area contributed by atoms with Gasteiger partial charge >= 0.3 is 0 Å². The first-order chi connectivity index (χ1) is 15.5. The van der Waals surface area contributed by atoms with Crippen molar-refractivity contribution in [1.29, 1.82) is 0 Å². The Morgan fingerprint density at radius 2 is 1.81 bits per heavy atom. The lowest BCUT2D eigenvalue weighted by Gasteiger charge is -2.31. The van der Waals surface area contributed by atoms with E-state index in [2.05, 4.69) is 39.1 Å². The summed E-state index contributed by atoms with van der Waals surface area (Å²) in [5.74, 6) is 0.312. The van der Waals surface area contributed by atoms with Crippen LogP contribution in [0.3, 0.4) is 0 Å². The molecule has 0 atom stereocenters. The lowest BCUT2D eigenvalue weighted by molar-refractivity contribution is 0.587. The number of pyridine rings is 1. The molecule has 164 valence electrons. The van der Waals surface area contributed by atoms with Gasteiger partial charge in [-0.2, -0.15) is 0 Å². The van der Waals surface area contributed by atoms with E-state index in [1.807, 2.05) is 36.4 Å². The highest BCUT2D eigenvalue weighted by molar-refractivity contribution is 7.91. The van der Waals surface area contributed by atoms with Gasteiger partial charge in [-0.15, -0.1) is 0 Å². The van der Waals surface area contributed by atoms with Crippen LogP contribution in [0.2, 0.25) is 0 Å². The van der Waals surface area contributed by atoms with Crippen molar-refractivity contribution in [2.45, 2.75) is 6.54 Å². The molecule has 7 heteroatoms. The van der Waals surface area contributed by atoms with Crippen molar-refractivity contribution in [2.75, 3.05) is 29.5 Å². The zero-order valence-corrected chi connectivity index (χ0v) is 18.6. The Balaban J connectivity index is 1.63. The summed E-state index contributed by atoms with van der Waals surface area (Å²) in [6, 6.07) is 20.1. The highest BCUT2D eigenvalue weighted by Gasteiger charge is 2.24. The molecule has 0 amide bonds. The highest BCUT2D eigenvalue weighted by Crippen LogP contribution is 2.31. The van der Waals surface area contributed by atoms with Crippen LogP contribution in [-0.4, -0.2) is 44.2 Å². The first-order valence-electron chi connectivity index (χ1n) is 10.5. The Labute approximate surface area is 189 Å². The number of anilines is 1. The van der Waals surface area contributed by atoms with E-state index in [1.165, 1.54) is 0 Å². The van der Waals surface area contributed by atoms with Gasteiger partial charge in [-0.3, -0.25) is 9.98 Å². The summed E-state index contributed by atoms with van der Waals surface area (Å²) in [5, 5.41) is 0. The number of allylic oxidation sites excluding steroid dienone is 1. The maximum Gasteiger partial charge on any atom is 0.153 e. The highest BCUT2D eigenvalue weighted by atomic mass is 32.2. The lowest BCUT2D eigenvalue weighted by atomic mass is 9.99. The van der Waals surface area contributed by atoms with Crippen molar-refractivity contribution >= 4 is 27.4 Å². The summed E-state index contributed by atoms with van der Waals surface area (Å²) in [6.07, 6.45) is 7.03. The summed E-state index contributed by atoms with van der Waals surface area (Å²) in [7, 11) is -2.97. The minimum absolute atomic E-state index is 0.156. The van der Waals surface area contributed by atoms with Crippen LogP contribution in [0.15, 0.2) is 84.1 Å². The van der Waals surface area contributed by atoms with E-state index in [-0.39, 0.29) is 11.5 Å². The van der Waals surface area contributed by atoms with Crippen molar-refractivity contribution in [3.05, 3.63) is 90.3 Å². The maximum atomic E-state index is 11.9. The number of sulfone groups is 1. The number of hydrogen-bond acceptors (Lipinski definition) is 6. The number of nitrogens with zero attached hydrogens (tertiary/aromatic N) is 3. The Morgan fingerprint density at radius 1 is 1.03 bits per heavy atom. The van der Waals surface area contributed by atoms with Crippen molar-refractivity contribution in [3.63, 3.8) is 0 Å². The van der Waals surface area contributed by atoms with E-state index in [9.17, 15) is 8.42 Å². The van der Waals surface area contributed by atoms with Gasteiger partial charge < -0.3 is 10.6 Å². The van der Waals surface area contributed by atoms with E-state index in [1.54, 1.807) is 24.7 Å². The van der Waals surface area contributed by atoms with Crippen LogP contribution >= 0.6 is 0 Å². The fourth-order valence-electron chi connectivity index (χ4n) is 3.68. The summed E-state index contributed by atoms with van der Waals surface area (Å²) in [4.78, 5) is 10.6. The van der Waals surface area contributed by atoms with E-state index < -0.39 is 9.84 Å². The Kier molecular flexibility index (Phi) is 6.66. The molecule has 6 nitrogen and oxygen atoms in total. The quantitative estimate of drug-likeness (QED) is 0.585. The Morgan fingerprint density at radius 3 is 2.53 bits per heavy atom. The van der Waals surface area contributed by atoms with E-state index >= 15 is 0 Å². The molecule has 32 heavy (non-hydrogen) atoms. The first kappa shape index (κ1) is 21.8. The fourth-order valence-corrected chi connectivity index (χ4v) is 4.88. The van der Waals surface area contributed by atoms with Crippen LogP contribution in [0.1, 0.15) is 11.1 Å². The number of nitrogens with two attached hydrogens (primary N) is 1. The first-order valence-corrected chi connectivity index (χ1v) is 12.3. The summed E-state index contributed by atoms with van der Waals surface area (Å²) < 4.78 is 23.8. The molecule has 0 saturated carbocycles. The molecule has 0 unspecified atom stereocenters. The molecule has 1 saturated heterocycles. The van der Waals surface area contributed by atoms with Crippen molar-refractivity contribution < 1.29 is 8.42 Å². The molecule has 2 aromatic carbocycles. The average molecular weight is 447 g/mol. The molecule has 4 rings (SSSR count).